The van der Waals surface area contributed by atoms with Crippen LogP contribution < -0.4 is 5.32 Å². The predicted octanol–water partition coefficient (Wildman–Crippen LogP) is 4.40. The number of carbonyl (C=O) groups excluding carboxylic acids is 1. The van der Waals surface area contributed by atoms with Crippen LogP contribution >= 0.6 is 0 Å². The Morgan fingerprint density at radius 3 is 2.52 bits per heavy atom. The van der Waals surface area contributed by atoms with Crippen molar-refractivity contribution in [1.29, 1.82) is 0 Å². The second kappa shape index (κ2) is 7.18. The van der Waals surface area contributed by atoms with E-state index in [1.807, 2.05) is 30.3 Å². The minimum absolute atomic E-state index is 0.178. The lowest BCUT2D eigenvalue weighted by Crippen LogP contribution is -2.07. The average molecular weight is 300 g/mol. The van der Waals surface area contributed by atoms with E-state index in [0.29, 0.717) is 5.69 Å². The number of rotatable bonds is 4. The number of benzene rings is 2. The molecule has 1 heterocycles. The molecule has 23 heavy (non-hydrogen) atoms. The van der Waals surface area contributed by atoms with Crippen molar-refractivity contribution in [2.45, 2.75) is 0 Å². The van der Waals surface area contributed by atoms with E-state index in [9.17, 15) is 4.79 Å². The standard InChI is InChI=1S/C20H16N2O/c23-20(22-19-10-5-13-21-15-19)12-11-16-6-4-9-18(14-16)17-7-2-1-3-8-17/h1-15H,(H,22,23)/b12-11+. The molecule has 0 aliphatic carbocycles. The molecule has 0 atom stereocenters. The molecule has 0 fully saturated rings. The highest BCUT2D eigenvalue weighted by atomic mass is 16.1. The minimum Gasteiger partial charge on any atom is -0.321 e. The summed E-state index contributed by atoms with van der Waals surface area (Å²) in [5.41, 5.74) is 3.94. The fourth-order valence-electron chi connectivity index (χ4n) is 2.25. The number of aromatic nitrogens is 1. The van der Waals surface area contributed by atoms with Gasteiger partial charge in [-0.05, 0) is 41.0 Å². The van der Waals surface area contributed by atoms with E-state index in [4.69, 9.17) is 0 Å². The maximum atomic E-state index is 11.9. The fraction of sp³-hybridized carbons (Fsp3) is 0. The molecule has 0 bridgehead atoms. The number of hydrogen-bond acceptors (Lipinski definition) is 2. The Hall–Kier alpha value is -3.20. The first-order chi connectivity index (χ1) is 11.3. The molecule has 2 aromatic carbocycles. The molecule has 0 saturated carbocycles. The molecule has 1 N–H and O–H groups in total. The summed E-state index contributed by atoms with van der Waals surface area (Å²) in [7, 11) is 0. The number of hydrogen-bond donors (Lipinski definition) is 1. The summed E-state index contributed by atoms with van der Waals surface area (Å²) >= 11 is 0. The van der Waals surface area contributed by atoms with Gasteiger partial charge in [-0.2, -0.15) is 0 Å². The second-order valence-corrected chi connectivity index (χ2v) is 5.06. The quantitative estimate of drug-likeness (QED) is 0.726. The smallest absolute Gasteiger partial charge is 0.248 e. The molecule has 0 aliphatic rings. The van der Waals surface area contributed by atoms with Gasteiger partial charge in [-0.25, -0.2) is 0 Å². The lowest BCUT2D eigenvalue weighted by atomic mass is 10.0. The van der Waals surface area contributed by atoms with Crippen molar-refractivity contribution < 1.29 is 4.79 Å². The van der Waals surface area contributed by atoms with Crippen molar-refractivity contribution in [2.75, 3.05) is 5.32 Å². The van der Waals surface area contributed by atoms with Crippen LogP contribution in [0.5, 0.6) is 0 Å². The highest BCUT2D eigenvalue weighted by Crippen LogP contribution is 2.20. The molecule has 1 amide bonds. The summed E-state index contributed by atoms with van der Waals surface area (Å²) in [6.45, 7) is 0. The topological polar surface area (TPSA) is 42.0 Å². The zero-order valence-electron chi connectivity index (χ0n) is 12.5. The van der Waals surface area contributed by atoms with Crippen molar-refractivity contribution in [3.63, 3.8) is 0 Å². The Morgan fingerprint density at radius 2 is 1.74 bits per heavy atom. The number of pyridine rings is 1. The van der Waals surface area contributed by atoms with Crippen LogP contribution in [-0.4, -0.2) is 10.9 Å². The van der Waals surface area contributed by atoms with Gasteiger partial charge in [0.1, 0.15) is 0 Å². The Kier molecular flexibility index (Phi) is 4.60. The second-order valence-electron chi connectivity index (χ2n) is 5.06. The Bertz CT molecular complexity index is 811. The van der Waals surface area contributed by atoms with Gasteiger partial charge in [0.25, 0.3) is 0 Å². The van der Waals surface area contributed by atoms with Gasteiger partial charge in [0, 0.05) is 12.3 Å². The largest absolute Gasteiger partial charge is 0.321 e. The zero-order valence-corrected chi connectivity index (χ0v) is 12.5. The first-order valence-corrected chi connectivity index (χ1v) is 7.36. The van der Waals surface area contributed by atoms with Gasteiger partial charge >= 0.3 is 0 Å². The molecule has 112 valence electrons. The van der Waals surface area contributed by atoms with E-state index in [2.05, 4.69) is 34.6 Å². The third kappa shape index (κ3) is 4.14. The Balaban J connectivity index is 1.71. The maximum absolute atomic E-state index is 11.9. The summed E-state index contributed by atoms with van der Waals surface area (Å²) in [5, 5.41) is 2.77. The first kappa shape index (κ1) is 14.7. The molecule has 0 saturated heterocycles. The van der Waals surface area contributed by atoms with Gasteiger partial charge in [-0.3, -0.25) is 9.78 Å². The molecular formula is C20H16N2O. The van der Waals surface area contributed by atoms with Crippen molar-refractivity contribution in [3.05, 3.63) is 90.8 Å². The van der Waals surface area contributed by atoms with E-state index in [1.54, 1.807) is 30.6 Å². The lowest BCUT2D eigenvalue weighted by Gasteiger charge is -2.03. The van der Waals surface area contributed by atoms with Crippen LogP contribution in [0.2, 0.25) is 0 Å². The van der Waals surface area contributed by atoms with Gasteiger partial charge < -0.3 is 5.32 Å². The van der Waals surface area contributed by atoms with Crippen LogP contribution in [0.25, 0.3) is 17.2 Å². The predicted molar refractivity (Wildman–Crippen MR) is 93.8 cm³/mol. The number of amides is 1. The minimum atomic E-state index is -0.178. The monoisotopic (exact) mass is 300 g/mol. The molecule has 0 unspecified atom stereocenters. The molecule has 3 nitrogen and oxygen atoms in total. The normalized spacial score (nSPS) is 10.6. The molecular weight excluding hydrogens is 284 g/mol. The average Bonchev–Trinajstić information content (AvgIpc) is 2.62. The van der Waals surface area contributed by atoms with Gasteiger partial charge in [-0.1, -0.05) is 48.5 Å². The van der Waals surface area contributed by atoms with Crippen LogP contribution in [0.3, 0.4) is 0 Å². The van der Waals surface area contributed by atoms with Crippen molar-refractivity contribution >= 4 is 17.7 Å². The number of nitrogens with zero attached hydrogens (tertiary/aromatic N) is 1. The van der Waals surface area contributed by atoms with Crippen LogP contribution in [0.4, 0.5) is 5.69 Å². The summed E-state index contributed by atoms with van der Waals surface area (Å²) in [4.78, 5) is 15.9. The van der Waals surface area contributed by atoms with Crippen LogP contribution in [0.1, 0.15) is 5.56 Å². The van der Waals surface area contributed by atoms with Gasteiger partial charge in [0.15, 0.2) is 0 Å². The van der Waals surface area contributed by atoms with E-state index < -0.39 is 0 Å². The summed E-state index contributed by atoms with van der Waals surface area (Å²) < 4.78 is 0. The van der Waals surface area contributed by atoms with Crippen LogP contribution in [0, 0.1) is 0 Å². The number of anilines is 1. The Labute approximate surface area is 135 Å². The molecule has 1 aromatic heterocycles. The van der Waals surface area contributed by atoms with E-state index in [-0.39, 0.29) is 5.91 Å². The molecule has 3 heteroatoms. The highest BCUT2D eigenvalue weighted by Gasteiger charge is 1.99. The first-order valence-electron chi connectivity index (χ1n) is 7.36. The van der Waals surface area contributed by atoms with Crippen molar-refractivity contribution in [3.8, 4) is 11.1 Å². The summed E-state index contributed by atoms with van der Waals surface area (Å²) in [6.07, 6.45) is 6.61. The molecule has 3 aromatic rings. The van der Waals surface area contributed by atoms with E-state index in [1.165, 1.54) is 6.08 Å². The van der Waals surface area contributed by atoms with Crippen molar-refractivity contribution in [2.24, 2.45) is 0 Å². The third-order valence-electron chi connectivity index (χ3n) is 3.35. The molecule has 0 aliphatic heterocycles. The van der Waals surface area contributed by atoms with Gasteiger partial charge in [0.05, 0.1) is 11.9 Å². The molecule has 0 radical (unpaired) electrons. The van der Waals surface area contributed by atoms with Crippen LogP contribution in [-0.2, 0) is 4.79 Å². The van der Waals surface area contributed by atoms with E-state index in [0.717, 1.165) is 16.7 Å². The van der Waals surface area contributed by atoms with Gasteiger partial charge in [-0.15, -0.1) is 0 Å². The van der Waals surface area contributed by atoms with Crippen LogP contribution in [0.15, 0.2) is 85.2 Å². The fourth-order valence-corrected chi connectivity index (χ4v) is 2.25. The maximum Gasteiger partial charge on any atom is 0.248 e. The number of carbonyl (C=O) groups is 1. The molecule has 3 rings (SSSR count). The lowest BCUT2D eigenvalue weighted by molar-refractivity contribution is -0.111. The third-order valence-corrected chi connectivity index (χ3v) is 3.35. The van der Waals surface area contributed by atoms with E-state index >= 15 is 0 Å². The zero-order chi connectivity index (χ0) is 15.9. The summed E-state index contributed by atoms with van der Waals surface area (Å²) in [5.74, 6) is -0.178. The molecule has 0 spiro atoms. The highest BCUT2D eigenvalue weighted by molar-refractivity contribution is 6.01. The number of nitrogens with one attached hydrogen (secondary N) is 1. The SMILES string of the molecule is O=C(/C=C/c1cccc(-c2ccccc2)c1)Nc1cccnc1. The Morgan fingerprint density at radius 1 is 0.913 bits per heavy atom. The van der Waals surface area contributed by atoms with Crippen molar-refractivity contribution in [1.82, 2.24) is 4.98 Å². The van der Waals surface area contributed by atoms with Gasteiger partial charge in [0.2, 0.25) is 5.91 Å². The summed E-state index contributed by atoms with van der Waals surface area (Å²) in [6, 6.07) is 21.8.